The highest BCUT2D eigenvalue weighted by molar-refractivity contribution is 6.31. The maximum Gasteiger partial charge on any atom is 0.248 e. The first-order valence-corrected chi connectivity index (χ1v) is 5.55. The molecule has 1 aromatic rings. The lowest BCUT2D eigenvalue weighted by atomic mass is 9.90. The van der Waals surface area contributed by atoms with Crippen LogP contribution in [0.4, 0.5) is 8.78 Å². The quantitative estimate of drug-likeness (QED) is 0.730. The van der Waals surface area contributed by atoms with Crippen molar-refractivity contribution in [1.82, 2.24) is 0 Å². The van der Waals surface area contributed by atoms with Crippen molar-refractivity contribution in [3.05, 3.63) is 34.3 Å². The summed E-state index contributed by atoms with van der Waals surface area (Å²) in [5.74, 6) is 0. The van der Waals surface area contributed by atoms with E-state index in [-0.39, 0.29) is 0 Å². The number of hydrogen-bond donors (Lipinski definition) is 0. The topological polar surface area (TPSA) is 0 Å². The lowest BCUT2D eigenvalue weighted by molar-refractivity contribution is 0.101. The van der Waals surface area contributed by atoms with Gasteiger partial charge in [0.05, 0.1) is 5.41 Å². The lowest BCUT2D eigenvalue weighted by Gasteiger charge is -2.19. The molecular formula is C12H13ClF2. The predicted molar refractivity (Wildman–Crippen MR) is 57.7 cm³/mol. The van der Waals surface area contributed by atoms with Crippen LogP contribution in [0.2, 0.25) is 5.02 Å². The molecule has 15 heavy (non-hydrogen) atoms. The van der Waals surface area contributed by atoms with Crippen LogP contribution in [-0.2, 0) is 11.8 Å². The summed E-state index contributed by atoms with van der Waals surface area (Å²) in [7, 11) is 0. The maximum atomic E-state index is 13.0. The van der Waals surface area contributed by atoms with Gasteiger partial charge in [-0.05, 0) is 36.5 Å². The van der Waals surface area contributed by atoms with Gasteiger partial charge in [0, 0.05) is 5.02 Å². The molecule has 2 rings (SSSR count). The molecule has 0 heterocycles. The van der Waals surface area contributed by atoms with E-state index in [1.807, 2.05) is 6.92 Å². The summed E-state index contributed by atoms with van der Waals surface area (Å²) in [5.41, 5.74) is 0.750. The second-order valence-electron chi connectivity index (χ2n) is 4.08. The van der Waals surface area contributed by atoms with E-state index in [0.717, 1.165) is 11.1 Å². The van der Waals surface area contributed by atoms with Gasteiger partial charge in [0.15, 0.2) is 0 Å². The summed E-state index contributed by atoms with van der Waals surface area (Å²) >= 11 is 6.02. The molecule has 3 heteroatoms. The van der Waals surface area contributed by atoms with E-state index < -0.39 is 11.8 Å². The first-order valence-electron chi connectivity index (χ1n) is 5.18. The van der Waals surface area contributed by atoms with Crippen LogP contribution in [0, 0.1) is 0 Å². The van der Waals surface area contributed by atoms with Crippen LogP contribution in [0.5, 0.6) is 0 Å². The van der Waals surface area contributed by atoms with Crippen molar-refractivity contribution in [3.8, 4) is 0 Å². The van der Waals surface area contributed by atoms with E-state index in [9.17, 15) is 8.78 Å². The molecule has 0 aliphatic heterocycles. The van der Waals surface area contributed by atoms with E-state index in [4.69, 9.17) is 11.6 Å². The average Bonchev–Trinajstić information content (AvgIpc) is 2.98. The third-order valence-corrected chi connectivity index (χ3v) is 3.57. The van der Waals surface area contributed by atoms with Gasteiger partial charge in [0.25, 0.3) is 0 Å². The smallest absolute Gasteiger partial charge is 0.210 e. The molecule has 0 atom stereocenters. The van der Waals surface area contributed by atoms with E-state index in [0.29, 0.717) is 24.3 Å². The second-order valence-corrected chi connectivity index (χ2v) is 4.48. The van der Waals surface area contributed by atoms with Crippen molar-refractivity contribution in [2.75, 3.05) is 0 Å². The van der Waals surface area contributed by atoms with Gasteiger partial charge in [0.1, 0.15) is 0 Å². The van der Waals surface area contributed by atoms with Gasteiger partial charge in [-0.15, -0.1) is 0 Å². The Morgan fingerprint density at radius 2 is 2.07 bits per heavy atom. The molecule has 0 unspecified atom stereocenters. The predicted octanol–water partition coefficient (Wildman–Crippen LogP) is 4.20. The standard InChI is InChI=1S/C12H13ClF2/c1-2-8-9(4-3-5-10(8)13)12(6-7-12)11(14)15/h3-5,11H,2,6-7H2,1H3. The highest BCUT2D eigenvalue weighted by atomic mass is 35.5. The fourth-order valence-corrected chi connectivity index (χ4v) is 2.43. The summed E-state index contributed by atoms with van der Waals surface area (Å²) in [6.45, 7) is 1.95. The zero-order chi connectivity index (χ0) is 11.1. The molecule has 1 aromatic carbocycles. The largest absolute Gasteiger partial charge is 0.248 e. The van der Waals surface area contributed by atoms with Crippen molar-refractivity contribution in [3.63, 3.8) is 0 Å². The van der Waals surface area contributed by atoms with Gasteiger partial charge in [-0.1, -0.05) is 30.7 Å². The molecule has 82 valence electrons. The number of benzene rings is 1. The molecule has 0 N–H and O–H groups in total. The zero-order valence-corrected chi connectivity index (χ0v) is 9.32. The van der Waals surface area contributed by atoms with Crippen LogP contribution in [0.25, 0.3) is 0 Å². The number of hydrogen-bond acceptors (Lipinski definition) is 0. The maximum absolute atomic E-state index is 13.0. The van der Waals surface area contributed by atoms with Gasteiger partial charge in [0.2, 0.25) is 6.43 Å². The highest BCUT2D eigenvalue weighted by Crippen LogP contribution is 2.54. The minimum absolute atomic E-state index is 0.581. The molecule has 1 fully saturated rings. The molecule has 1 saturated carbocycles. The molecule has 0 bridgehead atoms. The summed E-state index contributed by atoms with van der Waals surface area (Å²) in [6, 6.07) is 5.33. The van der Waals surface area contributed by atoms with E-state index in [1.165, 1.54) is 0 Å². The van der Waals surface area contributed by atoms with Gasteiger partial charge >= 0.3 is 0 Å². The molecule has 1 aliphatic rings. The first-order chi connectivity index (χ1) is 7.12. The fourth-order valence-electron chi connectivity index (χ4n) is 2.12. The minimum atomic E-state index is -2.28. The molecule has 0 radical (unpaired) electrons. The molecule has 0 nitrogen and oxygen atoms in total. The number of rotatable bonds is 3. The number of halogens is 3. The Labute approximate surface area is 93.2 Å². The van der Waals surface area contributed by atoms with Gasteiger partial charge in [-0.2, -0.15) is 0 Å². The molecule has 1 aliphatic carbocycles. The van der Waals surface area contributed by atoms with Crippen LogP contribution >= 0.6 is 11.6 Å². The molecule has 0 amide bonds. The van der Waals surface area contributed by atoms with Crippen molar-refractivity contribution in [2.45, 2.75) is 38.0 Å². The Morgan fingerprint density at radius 3 is 2.53 bits per heavy atom. The monoisotopic (exact) mass is 230 g/mol. The SMILES string of the molecule is CCc1c(Cl)cccc1C1(C(F)F)CC1. The van der Waals surface area contributed by atoms with Crippen LogP contribution in [0.1, 0.15) is 30.9 Å². The summed E-state index contributed by atoms with van der Waals surface area (Å²) in [6.07, 6.45) is -0.402. The Hall–Kier alpha value is -0.630. The summed E-state index contributed by atoms with van der Waals surface area (Å²) in [4.78, 5) is 0. The summed E-state index contributed by atoms with van der Waals surface area (Å²) in [5, 5.41) is 0.613. The van der Waals surface area contributed by atoms with Crippen molar-refractivity contribution >= 4 is 11.6 Å². The van der Waals surface area contributed by atoms with Crippen molar-refractivity contribution in [2.24, 2.45) is 0 Å². The lowest BCUT2D eigenvalue weighted by Crippen LogP contribution is -2.19. The minimum Gasteiger partial charge on any atom is -0.210 e. The normalized spacial score (nSPS) is 18.2. The molecule has 0 saturated heterocycles. The zero-order valence-electron chi connectivity index (χ0n) is 8.56. The second kappa shape index (κ2) is 3.75. The Bertz CT molecular complexity index is 370. The highest BCUT2D eigenvalue weighted by Gasteiger charge is 2.53. The Morgan fingerprint density at radius 1 is 1.40 bits per heavy atom. The Balaban J connectivity index is 2.49. The van der Waals surface area contributed by atoms with Gasteiger partial charge in [-0.25, -0.2) is 8.78 Å². The van der Waals surface area contributed by atoms with Crippen LogP contribution in [0.3, 0.4) is 0 Å². The molecule has 0 aromatic heterocycles. The summed E-state index contributed by atoms with van der Waals surface area (Å²) < 4.78 is 25.9. The van der Waals surface area contributed by atoms with E-state index >= 15 is 0 Å². The van der Waals surface area contributed by atoms with Gasteiger partial charge < -0.3 is 0 Å². The number of alkyl halides is 2. The van der Waals surface area contributed by atoms with Crippen LogP contribution < -0.4 is 0 Å². The fraction of sp³-hybridized carbons (Fsp3) is 0.500. The molecular weight excluding hydrogens is 218 g/mol. The van der Waals surface area contributed by atoms with Crippen LogP contribution in [-0.4, -0.2) is 6.43 Å². The van der Waals surface area contributed by atoms with E-state index in [1.54, 1.807) is 18.2 Å². The van der Waals surface area contributed by atoms with Crippen molar-refractivity contribution in [1.29, 1.82) is 0 Å². The average molecular weight is 231 g/mol. The third kappa shape index (κ3) is 1.65. The van der Waals surface area contributed by atoms with Crippen LogP contribution in [0.15, 0.2) is 18.2 Å². The first kappa shape index (κ1) is 10.9. The van der Waals surface area contributed by atoms with Crippen molar-refractivity contribution < 1.29 is 8.78 Å². The van der Waals surface area contributed by atoms with Gasteiger partial charge in [-0.3, -0.25) is 0 Å². The Kier molecular flexibility index (Phi) is 2.72. The van der Waals surface area contributed by atoms with E-state index in [2.05, 4.69) is 0 Å². The molecule has 0 spiro atoms. The third-order valence-electron chi connectivity index (χ3n) is 3.22.